The zero-order chi connectivity index (χ0) is 17.2. The third-order valence-electron chi connectivity index (χ3n) is 4.49. The average Bonchev–Trinajstić information content (AvgIpc) is 3.16. The summed E-state index contributed by atoms with van der Waals surface area (Å²) in [7, 11) is 2.15. The Labute approximate surface area is 157 Å². The lowest BCUT2D eigenvalue weighted by Crippen LogP contribution is -2.25. The van der Waals surface area contributed by atoms with Gasteiger partial charge in [0.1, 0.15) is 0 Å². The van der Waals surface area contributed by atoms with Crippen molar-refractivity contribution in [3.05, 3.63) is 58.2 Å². The minimum atomic E-state index is 0.746. The molecule has 1 aromatic carbocycles. The lowest BCUT2D eigenvalue weighted by atomic mass is 10.2. The smallest absolute Gasteiger partial charge is 0.199 e. The summed E-state index contributed by atoms with van der Waals surface area (Å²) in [4.78, 5) is 3.48. The van der Waals surface area contributed by atoms with Gasteiger partial charge >= 0.3 is 0 Å². The first-order valence-electron chi connectivity index (χ1n) is 8.64. The summed E-state index contributed by atoms with van der Waals surface area (Å²) < 4.78 is 4.91. The van der Waals surface area contributed by atoms with Crippen molar-refractivity contribution in [3.8, 4) is 10.7 Å². The van der Waals surface area contributed by atoms with E-state index in [1.165, 1.54) is 18.4 Å². The lowest BCUT2D eigenvalue weighted by molar-refractivity contribution is 0.242. The fourth-order valence-electron chi connectivity index (χ4n) is 3.06. The molecular formula is C19H22N4S2. The van der Waals surface area contributed by atoms with Crippen molar-refractivity contribution in [2.24, 2.45) is 5.92 Å². The van der Waals surface area contributed by atoms with Gasteiger partial charge in [-0.3, -0.25) is 9.47 Å². The standard InChI is InChI=1S/C19H22N4S2/c1-21(12-16-9-10-16)14-23-19(24)22(13-15-6-3-2-4-7-15)18(20-23)17-8-5-11-25-17/h2-8,11,16H,9-10,12-14H2,1H3. The zero-order valence-electron chi connectivity index (χ0n) is 14.3. The van der Waals surface area contributed by atoms with Gasteiger partial charge in [0.05, 0.1) is 18.1 Å². The van der Waals surface area contributed by atoms with E-state index in [-0.39, 0.29) is 0 Å². The molecule has 3 aromatic rings. The molecule has 0 radical (unpaired) electrons. The maximum Gasteiger partial charge on any atom is 0.199 e. The van der Waals surface area contributed by atoms with Crippen molar-refractivity contribution in [1.82, 2.24) is 19.2 Å². The Morgan fingerprint density at radius 1 is 1.20 bits per heavy atom. The number of benzene rings is 1. The van der Waals surface area contributed by atoms with Crippen LogP contribution >= 0.6 is 23.6 Å². The molecule has 0 aliphatic heterocycles. The van der Waals surface area contributed by atoms with Crippen molar-refractivity contribution >= 4 is 23.6 Å². The molecule has 0 saturated heterocycles. The monoisotopic (exact) mass is 370 g/mol. The van der Waals surface area contributed by atoms with Gasteiger partial charge in [0.2, 0.25) is 0 Å². The Kier molecular flexibility index (Phi) is 4.83. The highest BCUT2D eigenvalue weighted by molar-refractivity contribution is 7.71. The molecule has 0 atom stereocenters. The van der Waals surface area contributed by atoms with E-state index in [1.807, 2.05) is 10.7 Å². The van der Waals surface area contributed by atoms with Crippen LogP contribution in [0.2, 0.25) is 0 Å². The number of rotatable bonds is 7. The van der Waals surface area contributed by atoms with Crippen molar-refractivity contribution in [1.29, 1.82) is 0 Å². The fraction of sp³-hybridized carbons (Fsp3) is 0.368. The van der Waals surface area contributed by atoms with Gasteiger partial charge in [0, 0.05) is 6.54 Å². The van der Waals surface area contributed by atoms with Crippen LogP contribution in [0.25, 0.3) is 10.7 Å². The summed E-state index contributed by atoms with van der Waals surface area (Å²) in [6.45, 7) is 2.62. The molecule has 0 bridgehead atoms. The van der Waals surface area contributed by atoms with Crippen LogP contribution in [0.1, 0.15) is 18.4 Å². The van der Waals surface area contributed by atoms with Gasteiger partial charge in [-0.05, 0) is 55.0 Å². The molecule has 2 heterocycles. The van der Waals surface area contributed by atoms with Crippen LogP contribution in [-0.2, 0) is 13.2 Å². The lowest BCUT2D eigenvalue weighted by Gasteiger charge is -2.15. The van der Waals surface area contributed by atoms with E-state index in [1.54, 1.807) is 11.3 Å². The van der Waals surface area contributed by atoms with Crippen LogP contribution in [-0.4, -0.2) is 32.8 Å². The van der Waals surface area contributed by atoms with Crippen molar-refractivity contribution in [2.75, 3.05) is 13.6 Å². The quantitative estimate of drug-likeness (QED) is 0.573. The molecule has 6 heteroatoms. The van der Waals surface area contributed by atoms with Crippen LogP contribution < -0.4 is 0 Å². The van der Waals surface area contributed by atoms with Crippen LogP contribution in [0.5, 0.6) is 0 Å². The molecule has 0 N–H and O–H groups in total. The van der Waals surface area contributed by atoms with Gasteiger partial charge in [-0.25, -0.2) is 4.68 Å². The van der Waals surface area contributed by atoms with Crippen molar-refractivity contribution in [2.45, 2.75) is 26.1 Å². The number of aromatic nitrogens is 3. The Morgan fingerprint density at radius 2 is 2.00 bits per heavy atom. The summed E-state index contributed by atoms with van der Waals surface area (Å²) in [5.41, 5.74) is 1.24. The molecule has 1 aliphatic carbocycles. The molecule has 2 aromatic heterocycles. The normalized spacial score (nSPS) is 14.3. The maximum absolute atomic E-state index is 5.77. The van der Waals surface area contributed by atoms with E-state index in [4.69, 9.17) is 17.3 Å². The summed E-state index contributed by atoms with van der Waals surface area (Å²) in [5, 5.41) is 6.95. The van der Waals surface area contributed by atoms with E-state index in [0.717, 1.165) is 41.1 Å². The predicted octanol–water partition coefficient (Wildman–Crippen LogP) is 4.49. The van der Waals surface area contributed by atoms with Crippen molar-refractivity contribution < 1.29 is 0 Å². The minimum absolute atomic E-state index is 0.746. The highest BCUT2D eigenvalue weighted by Crippen LogP contribution is 2.29. The van der Waals surface area contributed by atoms with E-state index in [9.17, 15) is 0 Å². The van der Waals surface area contributed by atoms with E-state index >= 15 is 0 Å². The Morgan fingerprint density at radius 3 is 2.68 bits per heavy atom. The third kappa shape index (κ3) is 3.92. The van der Waals surface area contributed by atoms with Gasteiger partial charge in [0.25, 0.3) is 0 Å². The topological polar surface area (TPSA) is 26.0 Å². The molecule has 4 nitrogen and oxygen atoms in total. The molecule has 130 valence electrons. The Hall–Kier alpha value is -1.76. The maximum atomic E-state index is 5.77. The highest BCUT2D eigenvalue weighted by atomic mass is 32.1. The number of hydrogen-bond acceptors (Lipinski definition) is 4. The van der Waals surface area contributed by atoms with Crippen LogP contribution in [0.4, 0.5) is 0 Å². The second-order valence-electron chi connectivity index (χ2n) is 6.78. The van der Waals surface area contributed by atoms with Gasteiger partial charge in [-0.15, -0.1) is 16.4 Å². The first-order valence-corrected chi connectivity index (χ1v) is 9.93. The second kappa shape index (κ2) is 7.23. The van der Waals surface area contributed by atoms with Crippen LogP contribution in [0, 0.1) is 10.7 Å². The molecule has 25 heavy (non-hydrogen) atoms. The predicted molar refractivity (Wildman–Crippen MR) is 105 cm³/mol. The number of nitrogens with zero attached hydrogens (tertiary/aromatic N) is 4. The zero-order valence-corrected chi connectivity index (χ0v) is 16.0. The highest BCUT2D eigenvalue weighted by Gasteiger charge is 2.23. The van der Waals surface area contributed by atoms with Gasteiger partial charge < -0.3 is 0 Å². The average molecular weight is 371 g/mol. The molecule has 4 rings (SSSR count). The van der Waals surface area contributed by atoms with Gasteiger partial charge in [0.15, 0.2) is 10.6 Å². The van der Waals surface area contributed by atoms with Gasteiger partial charge in [-0.2, -0.15) is 0 Å². The number of thiophene rings is 1. The summed E-state index contributed by atoms with van der Waals surface area (Å²) in [5.74, 6) is 1.83. The van der Waals surface area contributed by atoms with E-state index in [2.05, 4.69) is 58.3 Å². The molecular weight excluding hydrogens is 348 g/mol. The summed E-state index contributed by atoms with van der Waals surface area (Å²) in [6.07, 6.45) is 2.72. The Balaban J connectivity index is 1.66. The minimum Gasteiger partial charge on any atom is -0.295 e. The van der Waals surface area contributed by atoms with E-state index < -0.39 is 0 Å². The molecule has 1 aliphatic rings. The molecule has 1 fully saturated rings. The molecule has 0 amide bonds. The Bertz CT molecular complexity index is 876. The van der Waals surface area contributed by atoms with Gasteiger partial charge in [-0.1, -0.05) is 36.4 Å². The van der Waals surface area contributed by atoms with Crippen LogP contribution in [0.15, 0.2) is 47.8 Å². The fourth-order valence-corrected chi connectivity index (χ4v) is 4.02. The first kappa shape index (κ1) is 16.7. The van der Waals surface area contributed by atoms with E-state index in [0.29, 0.717) is 0 Å². The van der Waals surface area contributed by atoms with Crippen LogP contribution in [0.3, 0.4) is 0 Å². The molecule has 0 unspecified atom stereocenters. The number of hydrogen-bond donors (Lipinski definition) is 0. The third-order valence-corrected chi connectivity index (χ3v) is 5.79. The summed E-state index contributed by atoms with van der Waals surface area (Å²) >= 11 is 7.48. The van der Waals surface area contributed by atoms with Crippen molar-refractivity contribution in [3.63, 3.8) is 0 Å². The largest absolute Gasteiger partial charge is 0.295 e. The SMILES string of the molecule is CN(CC1CC1)Cn1nc(-c2cccs2)n(Cc2ccccc2)c1=S. The molecule has 0 spiro atoms. The second-order valence-corrected chi connectivity index (χ2v) is 8.09. The molecule has 1 saturated carbocycles. The summed E-state index contributed by atoms with van der Waals surface area (Å²) in [6, 6.07) is 14.6. The first-order chi connectivity index (χ1) is 12.2.